The summed E-state index contributed by atoms with van der Waals surface area (Å²) in [7, 11) is 0. The summed E-state index contributed by atoms with van der Waals surface area (Å²) >= 11 is 0. The summed E-state index contributed by atoms with van der Waals surface area (Å²) in [5, 5.41) is 10.4. The molecule has 0 saturated carbocycles. The average molecular weight is 232 g/mol. The normalized spacial score (nSPS) is 27.6. The third-order valence-electron chi connectivity index (χ3n) is 1.41. The summed E-state index contributed by atoms with van der Waals surface area (Å²) in [5.41, 5.74) is 0. The maximum Gasteiger partial charge on any atom is 0.320 e. The van der Waals surface area contributed by atoms with Gasteiger partial charge in [-0.15, -0.1) is 17.0 Å². The van der Waals surface area contributed by atoms with E-state index in [0.717, 1.165) is 0 Å². The number of alkyl halides is 2. The highest BCUT2D eigenvalue weighted by atomic mass is 79.9. The van der Waals surface area contributed by atoms with E-state index in [1.807, 2.05) is 0 Å². The minimum absolute atomic E-state index is 0. The Morgan fingerprint density at radius 2 is 2.18 bits per heavy atom. The Labute approximate surface area is 72.5 Å². The van der Waals surface area contributed by atoms with Gasteiger partial charge in [0.05, 0.1) is 6.54 Å². The average Bonchev–Trinajstić information content (AvgIpc) is 2.10. The lowest BCUT2D eigenvalue weighted by molar-refractivity contribution is -0.139. The van der Waals surface area contributed by atoms with Crippen LogP contribution in [-0.4, -0.2) is 29.6 Å². The van der Waals surface area contributed by atoms with Gasteiger partial charge in [0.1, 0.15) is 6.04 Å². The van der Waals surface area contributed by atoms with E-state index in [9.17, 15) is 13.6 Å². The van der Waals surface area contributed by atoms with Gasteiger partial charge in [0, 0.05) is 6.42 Å². The van der Waals surface area contributed by atoms with Gasteiger partial charge in [0.15, 0.2) is 0 Å². The number of hydrogen-bond acceptors (Lipinski definition) is 2. The lowest BCUT2D eigenvalue weighted by Gasteiger charge is -2.03. The second-order valence-electron chi connectivity index (χ2n) is 2.33. The van der Waals surface area contributed by atoms with Crippen LogP contribution >= 0.6 is 17.0 Å². The van der Waals surface area contributed by atoms with E-state index in [0.29, 0.717) is 0 Å². The quantitative estimate of drug-likeness (QED) is 0.697. The molecule has 0 aromatic heterocycles. The largest absolute Gasteiger partial charge is 0.480 e. The highest BCUT2D eigenvalue weighted by Gasteiger charge is 2.42. The third kappa shape index (κ3) is 2.70. The number of aliphatic carboxylic acids is 1. The molecule has 1 aliphatic rings. The molecule has 1 heterocycles. The molecule has 0 unspecified atom stereocenters. The van der Waals surface area contributed by atoms with Gasteiger partial charge in [-0.2, -0.15) is 0 Å². The predicted octanol–water partition coefficient (Wildman–Crippen LogP) is 0.646. The minimum Gasteiger partial charge on any atom is -0.480 e. The van der Waals surface area contributed by atoms with E-state index in [4.69, 9.17) is 5.11 Å². The predicted molar refractivity (Wildman–Crippen MR) is 39.3 cm³/mol. The Morgan fingerprint density at radius 3 is 2.36 bits per heavy atom. The summed E-state index contributed by atoms with van der Waals surface area (Å²) in [4.78, 5) is 10.1. The van der Waals surface area contributed by atoms with Crippen LogP contribution in [0.1, 0.15) is 6.42 Å². The lowest BCUT2D eigenvalue weighted by atomic mass is 10.2. The first-order valence-electron chi connectivity index (χ1n) is 2.85. The van der Waals surface area contributed by atoms with Crippen LogP contribution in [0.25, 0.3) is 0 Å². The van der Waals surface area contributed by atoms with Gasteiger partial charge >= 0.3 is 5.97 Å². The molecular formula is C5H8BrF2NO2. The van der Waals surface area contributed by atoms with Gasteiger partial charge in [-0.3, -0.25) is 10.1 Å². The van der Waals surface area contributed by atoms with Crippen molar-refractivity contribution in [1.29, 1.82) is 0 Å². The molecule has 0 aliphatic carbocycles. The van der Waals surface area contributed by atoms with Crippen LogP contribution in [0.15, 0.2) is 0 Å². The molecule has 0 radical (unpaired) electrons. The van der Waals surface area contributed by atoms with Crippen molar-refractivity contribution in [2.45, 2.75) is 18.4 Å². The smallest absolute Gasteiger partial charge is 0.320 e. The zero-order valence-electron chi connectivity index (χ0n) is 5.51. The second kappa shape index (κ2) is 3.44. The van der Waals surface area contributed by atoms with Gasteiger partial charge in [-0.1, -0.05) is 0 Å². The van der Waals surface area contributed by atoms with Crippen molar-refractivity contribution >= 4 is 23.0 Å². The number of carboxylic acids is 1. The molecule has 0 aromatic carbocycles. The van der Waals surface area contributed by atoms with Crippen LogP contribution in [0, 0.1) is 0 Å². The van der Waals surface area contributed by atoms with Crippen molar-refractivity contribution in [2.75, 3.05) is 6.54 Å². The number of hydrogen-bond donors (Lipinski definition) is 2. The molecule has 6 heteroatoms. The van der Waals surface area contributed by atoms with Crippen LogP contribution in [0.4, 0.5) is 8.78 Å². The second-order valence-corrected chi connectivity index (χ2v) is 2.33. The van der Waals surface area contributed by atoms with E-state index in [1.54, 1.807) is 0 Å². The van der Waals surface area contributed by atoms with Gasteiger partial charge < -0.3 is 5.11 Å². The molecule has 66 valence electrons. The van der Waals surface area contributed by atoms with E-state index in [1.165, 1.54) is 0 Å². The first kappa shape index (κ1) is 10.8. The van der Waals surface area contributed by atoms with Crippen molar-refractivity contribution in [3.63, 3.8) is 0 Å². The monoisotopic (exact) mass is 231 g/mol. The van der Waals surface area contributed by atoms with Crippen LogP contribution in [0.3, 0.4) is 0 Å². The fourth-order valence-electron chi connectivity index (χ4n) is 0.890. The molecule has 1 saturated heterocycles. The topological polar surface area (TPSA) is 49.3 Å². The zero-order valence-corrected chi connectivity index (χ0v) is 7.22. The molecule has 11 heavy (non-hydrogen) atoms. The molecule has 0 amide bonds. The SMILES string of the molecule is Br.O=C(O)[C@@H]1CC(F)(F)CN1. The van der Waals surface area contributed by atoms with Crippen LogP contribution in [0.2, 0.25) is 0 Å². The lowest BCUT2D eigenvalue weighted by Crippen LogP contribution is -2.30. The van der Waals surface area contributed by atoms with E-state index < -0.39 is 30.9 Å². The molecule has 0 bridgehead atoms. The number of carboxylic acid groups (broad SMARTS) is 1. The molecule has 1 atom stereocenters. The van der Waals surface area contributed by atoms with Crippen molar-refractivity contribution in [1.82, 2.24) is 5.32 Å². The van der Waals surface area contributed by atoms with E-state index in [-0.39, 0.29) is 17.0 Å². The number of rotatable bonds is 1. The van der Waals surface area contributed by atoms with Crippen molar-refractivity contribution < 1.29 is 18.7 Å². The summed E-state index contributed by atoms with van der Waals surface area (Å²) < 4.78 is 24.5. The third-order valence-corrected chi connectivity index (χ3v) is 1.41. The Balaban J connectivity index is 0.000001000. The van der Waals surface area contributed by atoms with E-state index in [2.05, 4.69) is 5.32 Å². The van der Waals surface area contributed by atoms with Gasteiger partial charge in [0.2, 0.25) is 0 Å². The summed E-state index contributed by atoms with van der Waals surface area (Å²) in [6.45, 7) is -0.524. The minimum atomic E-state index is -2.84. The summed E-state index contributed by atoms with van der Waals surface area (Å²) in [6, 6.07) is -1.07. The fourth-order valence-corrected chi connectivity index (χ4v) is 0.890. The van der Waals surface area contributed by atoms with Crippen LogP contribution in [-0.2, 0) is 4.79 Å². The van der Waals surface area contributed by atoms with Gasteiger partial charge in [-0.05, 0) is 0 Å². The summed E-state index contributed by atoms with van der Waals surface area (Å²) in [5.74, 6) is -4.06. The van der Waals surface area contributed by atoms with Crippen LogP contribution in [0.5, 0.6) is 0 Å². The first-order chi connectivity index (χ1) is 4.51. The number of halogens is 3. The summed E-state index contributed by atoms with van der Waals surface area (Å²) in [6.07, 6.45) is -0.595. The van der Waals surface area contributed by atoms with Gasteiger partial charge in [-0.25, -0.2) is 8.78 Å². The molecule has 1 aliphatic heterocycles. The van der Waals surface area contributed by atoms with Crippen molar-refractivity contribution in [3.8, 4) is 0 Å². The van der Waals surface area contributed by atoms with E-state index >= 15 is 0 Å². The molecule has 3 nitrogen and oxygen atoms in total. The standard InChI is InChI=1S/C5H7F2NO2.BrH/c6-5(7)1-3(4(9)10)8-2-5;/h3,8H,1-2H2,(H,9,10);1H/t3-;/m0./s1. The van der Waals surface area contributed by atoms with Crippen LogP contribution < -0.4 is 5.32 Å². The first-order valence-corrected chi connectivity index (χ1v) is 2.85. The Kier molecular flexibility index (Phi) is 3.37. The number of nitrogens with one attached hydrogen (secondary N) is 1. The Hall–Kier alpha value is -0.230. The van der Waals surface area contributed by atoms with Crippen molar-refractivity contribution in [2.24, 2.45) is 0 Å². The molecule has 2 N–H and O–H groups in total. The maximum absolute atomic E-state index is 12.2. The molecule has 0 aromatic rings. The highest BCUT2D eigenvalue weighted by molar-refractivity contribution is 8.93. The highest BCUT2D eigenvalue weighted by Crippen LogP contribution is 2.24. The van der Waals surface area contributed by atoms with Crippen molar-refractivity contribution in [3.05, 3.63) is 0 Å². The zero-order chi connectivity index (χ0) is 7.78. The van der Waals surface area contributed by atoms with Gasteiger partial charge in [0.25, 0.3) is 5.92 Å². The molecule has 0 spiro atoms. The maximum atomic E-state index is 12.2. The number of carbonyl (C=O) groups is 1. The molecule has 1 rings (SSSR count). The Bertz CT molecular complexity index is 165. The molecule has 1 fully saturated rings. The Morgan fingerprint density at radius 1 is 1.64 bits per heavy atom. The molecular weight excluding hydrogens is 224 g/mol. The fraction of sp³-hybridized carbons (Fsp3) is 0.800.